The third kappa shape index (κ3) is 3.28. The Balaban J connectivity index is 1.47. The SMILES string of the molecule is COC(=O)[C@H]1COC(=O)N1C1CCN(C(=O)c2cnc3cc(C)nn3c2C)CC1. The van der Waals surface area contributed by atoms with Crippen LogP contribution in [-0.2, 0) is 14.3 Å². The highest BCUT2D eigenvalue weighted by molar-refractivity contribution is 5.95. The Morgan fingerprint density at radius 1 is 1.24 bits per heavy atom. The summed E-state index contributed by atoms with van der Waals surface area (Å²) < 4.78 is 11.5. The molecule has 1 atom stereocenters. The van der Waals surface area contributed by atoms with Crippen molar-refractivity contribution in [2.45, 2.75) is 38.8 Å². The summed E-state index contributed by atoms with van der Waals surface area (Å²) in [5.41, 5.74) is 2.79. The summed E-state index contributed by atoms with van der Waals surface area (Å²) >= 11 is 0. The molecule has 10 nitrogen and oxygen atoms in total. The van der Waals surface area contributed by atoms with Gasteiger partial charge in [-0.3, -0.25) is 9.69 Å². The van der Waals surface area contributed by atoms with Crippen LogP contribution in [0.4, 0.5) is 4.79 Å². The number of rotatable bonds is 3. The number of hydrogen-bond donors (Lipinski definition) is 0. The van der Waals surface area contributed by atoms with Crippen LogP contribution in [0.15, 0.2) is 12.3 Å². The molecule has 0 bridgehead atoms. The topological polar surface area (TPSA) is 106 Å². The van der Waals surface area contributed by atoms with Gasteiger partial charge in [0, 0.05) is 31.4 Å². The average molecular weight is 401 g/mol. The van der Waals surface area contributed by atoms with Gasteiger partial charge in [-0.2, -0.15) is 5.10 Å². The van der Waals surface area contributed by atoms with Crippen LogP contribution in [0.5, 0.6) is 0 Å². The van der Waals surface area contributed by atoms with E-state index in [4.69, 9.17) is 9.47 Å². The molecule has 4 rings (SSSR count). The first kappa shape index (κ1) is 19.2. The second-order valence-electron chi connectivity index (χ2n) is 7.36. The van der Waals surface area contributed by atoms with E-state index in [1.54, 1.807) is 15.6 Å². The van der Waals surface area contributed by atoms with Crippen molar-refractivity contribution in [3.05, 3.63) is 29.2 Å². The minimum absolute atomic E-state index is 0.00117. The van der Waals surface area contributed by atoms with Crippen molar-refractivity contribution in [1.82, 2.24) is 24.4 Å². The van der Waals surface area contributed by atoms with Crippen LogP contribution in [0, 0.1) is 13.8 Å². The molecule has 0 saturated carbocycles. The van der Waals surface area contributed by atoms with Crippen molar-refractivity contribution in [3.8, 4) is 0 Å². The number of aromatic nitrogens is 3. The third-order valence-electron chi connectivity index (χ3n) is 5.61. The summed E-state index contributed by atoms with van der Waals surface area (Å²) in [5.74, 6) is -0.601. The molecular weight excluding hydrogens is 378 g/mol. The molecule has 2 aromatic heterocycles. The molecule has 2 aliphatic rings. The number of likely N-dealkylation sites (tertiary alicyclic amines) is 1. The van der Waals surface area contributed by atoms with Crippen molar-refractivity contribution in [3.63, 3.8) is 0 Å². The number of methoxy groups -OCH3 is 1. The number of amides is 2. The van der Waals surface area contributed by atoms with Crippen LogP contribution in [0.3, 0.4) is 0 Å². The van der Waals surface area contributed by atoms with Gasteiger partial charge >= 0.3 is 12.1 Å². The van der Waals surface area contributed by atoms with Gasteiger partial charge in [0.15, 0.2) is 11.7 Å². The van der Waals surface area contributed by atoms with E-state index in [2.05, 4.69) is 10.1 Å². The maximum Gasteiger partial charge on any atom is 0.410 e. The lowest BCUT2D eigenvalue weighted by atomic mass is 10.0. The number of carbonyl (C=O) groups excluding carboxylic acids is 3. The second kappa shape index (κ2) is 7.34. The highest BCUT2D eigenvalue weighted by Gasteiger charge is 2.44. The molecule has 2 amide bonds. The van der Waals surface area contributed by atoms with Crippen molar-refractivity contribution in [2.24, 2.45) is 0 Å². The van der Waals surface area contributed by atoms with Gasteiger partial charge in [0.25, 0.3) is 5.91 Å². The van der Waals surface area contributed by atoms with Gasteiger partial charge in [0.05, 0.1) is 24.1 Å². The number of aryl methyl sites for hydroxylation is 2. The molecule has 0 aliphatic carbocycles. The summed E-state index contributed by atoms with van der Waals surface area (Å²) in [6.45, 7) is 4.67. The number of ether oxygens (including phenoxy) is 2. The molecule has 0 radical (unpaired) electrons. The number of esters is 1. The zero-order chi connectivity index (χ0) is 20.7. The molecule has 2 aromatic rings. The van der Waals surface area contributed by atoms with Gasteiger partial charge < -0.3 is 14.4 Å². The molecular formula is C19H23N5O5. The fourth-order valence-corrected chi connectivity index (χ4v) is 4.04. The van der Waals surface area contributed by atoms with E-state index in [-0.39, 0.29) is 18.6 Å². The molecule has 154 valence electrons. The van der Waals surface area contributed by atoms with Crippen LogP contribution < -0.4 is 0 Å². The molecule has 4 heterocycles. The predicted octanol–water partition coefficient (Wildman–Crippen LogP) is 0.945. The van der Waals surface area contributed by atoms with Gasteiger partial charge in [-0.1, -0.05) is 0 Å². The number of piperidine rings is 1. The first-order valence-electron chi connectivity index (χ1n) is 9.55. The largest absolute Gasteiger partial charge is 0.467 e. The van der Waals surface area contributed by atoms with E-state index < -0.39 is 18.1 Å². The number of carbonyl (C=O) groups is 3. The standard InChI is InChI=1S/C19H23N5O5/c1-11-8-16-20-9-14(12(2)24(16)21-11)17(25)22-6-4-13(5-7-22)23-15(18(26)28-3)10-29-19(23)27/h8-9,13,15H,4-7,10H2,1-3H3/t15-/m1/s1. The summed E-state index contributed by atoms with van der Waals surface area (Å²) in [6, 6.07) is 0.963. The minimum atomic E-state index is -0.725. The second-order valence-corrected chi connectivity index (χ2v) is 7.36. The van der Waals surface area contributed by atoms with E-state index >= 15 is 0 Å². The van der Waals surface area contributed by atoms with E-state index in [1.807, 2.05) is 19.9 Å². The lowest BCUT2D eigenvalue weighted by molar-refractivity contribution is -0.145. The number of hydrogen-bond acceptors (Lipinski definition) is 7. The van der Waals surface area contributed by atoms with Crippen LogP contribution in [0.25, 0.3) is 5.65 Å². The maximum absolute atomic E-state index is 13.0. The third-order valence-corrected chi connectivity index (χ3v) is 5.61. The maximum atomic E-state index is 13.0. The first-order chi connectivity index (χ1) is 13.9. The summed E-state index contributed by atoms with van der Waals surface area (Å²) in [6.07, 6.45) is 2.20. The Bertz CT molecular complexity index is 979. The molecule has 0 N–H and O–H groups in total. The van der Waals surface area contributed by atoms with E-state index in [0.29, 0.717) is 37.1 Å². The van der Waals surface area contributed by atoms with Gasteiger partial charge in [-0.15, -0.1) is 0 Å². The van der Waals surface area contributed by atoms with Gasteiger partial charge in [-0.05, 0) is 26.7 Å². The summed E-state index contributed by atoms with van der Waals surface area (Å²) in [5, 5.41) is 4.39. The molecule has 0 aromatic carbocycles. The van der Waals surface area contributed by atoms with E-state index in [0.717, 1.165) is 11.4 Å². The molecule has 0 unspecified atom stereocenters. The highest BCUT2D eigenvalue weighted by atomic mass is 16.6. The molecule has 0 spiro atoms. The molecule has 29 heavy (non-hydrogen) atoms. The number of nitrogens with zero attached hydrogens (tertiary/aromatic N) is 5. The van der Waals surface area contributed by atoms with E-state index in [1.165, 1.54) is 12.0 Å². The molecule has 2 aliphatic heterocycles. The molecule has 10 heteroatoms. The average Bonchev–Trinajstić information content (AvgIpc) is 3.30. The highest BCUT2D eigenvalue weighted by Crippen LogP contribution is 2.25. The van der Waals surface area contributed by atoms with Gasteiger partial charge in [0.2, 0.25) is 0 Å². The number of fused-ring (bicyclic) bond motifs is 1. The molecule has 2 saturated heterocycles. The fourth-order valence-electron chi connectivity index (χ4n) is 4.04. The quantitative estimate of drug-likeness (QED) is 0.705. The van der Waals surface area contributed by atoms with Crippen molar-refractivity contribution in [1.29, 1.82) is 0 Å². The normalized spacial score (nSPS) is 20.2. The first-order valence-corrected chi connectivity index (χ1v) is 9.55. The predicted molar refractivity (Wildman–Crippen MR) is 100 cm³/mol. The Morgan fingerprint density at radius 2 is 1.97 bits per heavy atom. The van der Waals surface area contributed by atoms with Crippen LogP contribution >= 0.6 is 0 Å². The van der Waals surface area contributed by atoms with Crippen molar-refractivity contribution >= 4 is 23.6 Å². The lowest BCUT2D eigenvalue weighted by Gasteiger charge is -2.37. The van der Waals surface area contributed by atoms with Crippen LogP contribution in [0.1, 0.15) is 34.6 Å². The number of cyclic esters (lactones) is 1. The zero-order valence-electron chi connectivity index (χ0n) is 16.6. The van der Waals surface area contributed by atoms with Gasteiger partial charge in [-0.25, -0.2) is 19.1 Å². The molecule has 2 fully saturated rings. The zero-order valence-corrected chi connectivity index (χ0v) is 16.6. The van der Waals surface area contributed by atoms with Crippen LogP contribution in [0.2, 0.25) is 0 Å². The van der Waals surface area contributed by atoms with Crippen molar-refractivity contribution in [2.75, 3.05) is 26.8 Å². The Labute approximate surface area is 167 Å². The Morgan fingerprint density at radius 3 is 2.66 bits per heavy atom. The van der Waals surface area contributed by atoms with Crippen molar-refractivity contribution < 1.29 is 23.9 Å². The fraction of sp³-hybridized carbons (Fsp3) is 0.526. The summed E-state index contributed by atoms with van der Waals surface area (Å²) in [4.78, 5) is 44.6. The Hall–Kier alpha value is -3.17. The Kier molecular flexibility index (Phi) is 4.85. The smallest absolute Gasteiger partial charge is 0.410 e. The van der Waals surface area contributed by atoms with E-state index in [9.17, 15) is 14.4 Å². The van der Waals surface area contributed by atoms with Crippen LogP contribution in [-0.4, -0.2) is 81.3 Å². The summed E-state index contributed by atoms with van der Waals surface area (Å²) in [7, 11) is 1.29. The minimum Gasteiger partial charge on any atom is -0.467 e. The van der Waals surface area contributed by atoms with Gasteiger partial charge in [0.1, 0.15) is 6.61 Å². The monoisotopic (exact) mass is 401 g/mol. The lowest BCUT2D eigenvalue weighted by Crippen LogP contribution is -2.52.